The highest BCUT2D eigenvalue weighted by Gasteiger charge is 2.28. The van der Waals surface area contributed by atoms with Crippen molar-refractivity contribution in [3.63, 3.8) is 0 Å². The van der Waals surface area contributed by atoms with E-state index in [4.69, 9.17) is 0 Å². The monoisotopic (exact) mass is 267 g/mol. The molecular formula is C14H25N3O2. The van der Waals surface area contributed by atoms with Crippen molar-refractivity contribution in [1.82, 2.24) is 16.0 Å². The number of carbonyl (C=O) groups is 2. The van der Waals surface area contributed by atoms with Crippen LogP contribution in [0.25, 0.3) is 0 Å². The highest BCUT2D eigenvalue weighted by molar-refractivity contribution is 5.80. The van der Waals surface area contributed by atoms with Crippen LogP contribution >= 0.6 is 0 Å². The number of carbonyl (C=O) groups excluding carboxylic acids is 2. The van der Waals surface area contributed by atoms with Gasteiger partial charge < -0.3 is 16.0 Å². The van der Waals surface area contributed by atoms with Gasteiger partial charge in [-0.05, 0) is 25.7 Å². The van der Waals surface area contributed by atoms with Crippen molar-refractivity contribution in [2.75, 3.05) is 19.6 Å². The van der Waals surface area contributed by atoms with E-state index in [-0.39, 0.29) is 17.7 Å². The minimum absolute atomic E-state index is 0.0698. The first-order valence-corrected chi connectivity index (χ1v) is 7.53. The minimum Gasteiger partial charge on any atom is -0.355 e. The number of nitrogens with one attached hydrogen (secondary N) is 3. The Bertz CT molecular complexity index is 310. The fraction of sp³-hybridized carbons (Fsp3) is 0.857. The summed E-state index contributed by atoms with van der Waals surface area (Å²) in [4.78, 5) is 23.0. The maximum Gasteiger partial charge on any atom is 0.234 e. The highest BCUT2D eigenvalue weighted by Crippen LogP contribution is 2.28. The van der Waals surface area contributed by atoms with Crippen molar-refractivity contribution in [2.45, 2.75) is 51.0 Å². The zero-order valence-corrected chi connectivity index (χ0v) is 11.5. The molecule has 108 valence electrons. The molecule has 5 heteroatoms. The molecule has 0 aliphatic heterocycles. The van der Waals surface area contributed by atoms with Gasteiger partial charge in [0.25, 0.3) is 0 Å². The third-order valence-corrected chi connectivity index (χ3v) is 3.80. The van der Waals surface area contributed by atoms with Crippen LogP contribution in [0.4, 0.5) is 0 Å². The largest absolute Gasteiger partial charge is 0.355 e. The Hall–Kier alpha value is -1.10. The molecule has 0 aromatic carbocycles. The second kappa shape index (κ2) is 7.48. The molecule has 0 spiro atoms. The summed E-state index contributed by atoms with van der Waals surface area (Å²) in [5, 5.41) is 8.99. The lowest BCUT2D eigenvalue weighted by Gasteiger charge is -2.22. The van der Waals surface area contributed by atoms with Crippen LogP contribution in [0.5, 0.6) is 0 Å². The molecule has 0 aromatic heterocycles. The molecule has 0 radical (unpaired) electrons. The molecule has 2 rings (SSSR count). The number of rotatable bonds is 7. The minimum atomic E-state index is 0.0698. The van der Waals surface area contributed by atoms with E-state index in [0.717, 1.165) is 25.7 Å². The lowest BCUT2D eigenvalue weighted by atomic mass is 9.95. The Morgan fingerprint density at radius 2 is 1.68 bits per heavy atom. The van der Waals surface area contributed by atoms with Crippen LogP contribution in [0.2, 0.25) is 0 Å². The molecule has 0 unspecified atom stereocenters. The van der Waals surface area contributed by atoms with E-state index >= 15 is 0 Å². The topological polar surface area (TPSA) is 70.2 Å². The van der Waals surface area contributed by atoms with Crippen LogP contribution in [-0.2, 0) is 9.59 Å². The molecule has 0 aromatic rings. The SMILES string of the molecule is O=C(CNCCNC(=O)C1CC1)NC1CCCCC1. The van der Waals surface area contributed by atoms with Crippen molar-refractivity contribution in [1.29, 1.82) is 0 Å². The van der Waals surface area contributed by atoms with E-state index in [0.29, 0.717) is 25.7 Å². The Morgan fingerprint density at radius 3 is 2.37 bits per heavy atom. The first-order valence-electron chi connectivity index (χ1n) is 7.53. The predicted octanol–water partition coefficient (Wildman–Crippen LogP) is 0.551. The van der Waals surface area contributed by atoms with Gasteiger partial charge in [-0.2, -0.15) is 0 Å². The highest BCUT2D eigenvalue weighted by atomic mass is 16.2. The van der Waals surface area contributed by atoms with Gasteiger partial charge in [0.1, 0.15) is 0 Å². The van der Waals surface area contributed by atoms with E-state index in [9.17, 15) is 9.59 Å². The molecular weight excluding hydrogens is 242 g/mol. The maximum atomic E-state index is 11.7. The smallest absolute Gasteiger partial charge is 0.234 e. The molecule has 2 aliphatic rings. The van der Waals surface area contributed by atoms with Crippen LogP contribution < -0.4 is 16.0 Å². The maximum absolute atomic E-state index is 11.7. The molecule has 19 heavy (non-hydrogen) atoms. The molecule has 0 atom stereocenters. The summed E-state index contributed by atoms with van der Waals surface area (Å²) >= 11 is 0. The van der Waals surface area contributed by atoms with Gasteiger partial charge in [0.15, 0.2) is 0 Å². The summed E-state index contributed by atoms with van der Waals surface area (Å²) in [6.07, 6.45) is 8.04. The average molecular weight is 267 g/mol. The normalized spacial score (nSPS) is 20.0. The van der Waals surface area contributed by atoms with Crippen molar-refractivity contribution in [3.05, 3.63) is 0 Å². The number of hydrogen-bond donors (Lipinski definition) is 3. The lowest BCUT2D eigenvalue weighted by molar-refractivity contribution is -0.122. The van der Waals surface area contributed by atoms with Crippen molar-refractivity contribution in [2.24, 2.45) is 5.92 Å². The molecule has 2 aliphatic carbocycles. The summed E-state index contributed by atoms with van der Waals surface area (Å²) in [5.74, 6) is 0.489. The molecule has 3 N–H and O–H groups in total. The predicted molar refractivity (Wildman–Crippen MR) is 73.6 cm³/mol. The van der Waals surface area contributed by atoms with Crippen LogP contribution in [0.1, 0.15) is 44.9 Å². The molecule has 0 saturated heterocycles. The molecule has 2 fully saturated rings. The van der Waals surface area contributed by atoms with E-state index in [1.807, 2.05) is 0 Å². The van der Waals surface area contributed by atoms with E-state index in [1.54, 1.807) is 0 Å². The third-order valence-electron chi connectivity index (χ3n) is 3.80. The van der Waals surface area contributed by atoms with Gasteiger partial charge in [0, 0.05) is 25.0 Å². The quantitative estimate of drug-likeness (QED) is 0.590. The Labute approximate surface area is 114 Å². The Balaban J connectivity index is 1.45. The first-order chi connectivity index (χ1) is 9.25. The van der Waals surface area contributed by atoms with E-state index < -0.39 is 0 Å². The molecule has 5 nitrogen and oxygen atoms in total. The number of hydrogen-bond acceptors (Lipinski definition) is 3. The van der Waals surface area contributed by atoms with Crippen LogP contribution in [0, 0.1) is 5.92 Å². The molecule has 0 heterocycles. The fourth-order valence-electron chi connectivity index (χ4n) is 2.49. The third kappa shape index (κ3) is 5.59. The average Bonchev–Trinajstić information content (AvgIpc) is 3.23. The summed E-state index contributed by atoms with van der Waals surface area (Å²) in [6, 6.07) is 0.373. The van der Waals surface area contributed by atoms with Crippen LogP contribution in [-0.4, -0.2) is 37.5 Å². The van der Waals surface area contributed by atoms with Crippen molar-refractivity contribution >= 4 is 11.8 Å². The summed E-state index contributed by atoms with van der Waals surface area (Å²) in [7, 11) is 0. The second-order valence-electron chi connectivity index (χ2n) is 5.64. The molecule has 0 bridgehead atoms. The number of amides is 2. The van der Waals surface area contributed by atoms with E-state index in [2.05, 4.69) is 16.0 Å². The summed E-state index contributed by atoms with van der Waals surface area (Å²) < 4.78 is 0. The van der Waals surface area contributed by atoms with Gasteiger partial charge in [0.2, 0.25) is 11.8 Å². The van der Waals surface area contributed by atoms with Gasteiger partial charge in [-0.25, -0.2) is 0 Å². The zero-order valence-electron chi connectivity index (χ0n) is 11.5. The second-order valence-corrected chi connectivity index (χ2v) is 5.64. The van der Waals surface area contributed by atoms with Gasteiger partial charge in [-0.3, -0.25) is 9.59 Å². The van der Waals surface area contributed by atoms with Gasteiger partial charge in [0.05, 0.1) is 6.54 Å². The fourth-order valence-corrected chi connectivity index (χ4v) is 2.49. The zero-order chi connectivity index (χ0) is 13.5. The van der Waals surface area contributed by atoms with Gasteiger partial charge >= 0.3 is 0 Å². The first kappa shape index (κ1) is 14.3. The van der Waals surface area contributed by atoms with Crippen molar-refractivity contribution in [3.8, 4) is 0 Å². The Morgan fingerprint density at radius 1 is 0.947 bits per heavy atom. The van der Waals surface area contributed by atoms with Gasteiger partial charge in [-0.15, -0.1) is 0 Å². The summed E-state index contributed by atoms with van der Waals surface area (Å²) in [6.45, 7) is 1.60. The molecule has 2 saturated carbocycles. The van der Waals surface area contributed by atoms with Gasteiger partial charge in [-0.1, -0.05) is 19.3 Å². The summed E-state index contributed by atoms with van der Waals surface area (Å²) in [5.41, 5.74) is 0. The van der Waals surface area contributed by atoms with Crippen molar-refractivity contribution < 1.29 is 9.59 Å². The standard InChI is InChI=1S/C14H25N3O2/c18-13(17-12-4-2-1-3-5-12)10-15-8-9-16-14(19)11-6-7-11/h11-12,15H,1-10H2,(H,16,19)(H,17,18). The molecule has 2 amide bonds. The van der Waals surface area contributed by atoms with Crippen LogP contribution in [0.15, 0.2) is 0 Å². The lowest BCUT2D eigenvalue weighted by Crippen LogP contribution is -2.42. The van der Waals surface area contributed by atoms with Crippen LogP contribution in [0.3, 0.4) is 0 Å². The Kier molecular flexibility index (Phi) is 5.63. The van der Waals surface area contributed by atoms with E-state index in [1.165, 1.54) is 19.3 Å².